The summed E-state index contributed by atoms with van der Waals surface area (Å²) in [5.41, 5.74) is 2.14. The monoisotopic (exact) mass is 386 g/mol. The third-order valence-corrected chi connectivity index (χ3v) is 5.48. The number of nitrogens with zero attached hydrogens (tertiary/aromatic N) is 2. The zero-order valence-electron chi connectivity index (χ0n) is 15.4. The van der Waals surface area contributed by atoms with Crippen molar-refractivity contribution >= 4 is 28.5 Å². The van der Waals surface area contributed by atoms with Crippen molar-refractivity contribution in [2.45, 2.75) is 45.6 Å². The number of esters is 1. The number of hydrogen-bond acceptors (Lipinski definition) is 4. The van der Waals surface area contributed by atoms with Crippen LogP contribution >= 0.6 is 11.6 Å². The first-order valence-corrected chi connectivity index (χ1v) is 9.95. The van der Waals surface area contributed by atoms with E-state index in [0.29, 0.717) is 23.4 Å². The first kappa shape index (κ1) is 18.1. The summed E-state index contributed by atoms with van der Waals surface area (Å²) >= 11 is 6.24. The second-order valence-electron chi connectivity index (χ2n) is 7.12. The molecule has 0 aliphatic heterocycles. The van der Waals surface area contributed by atoms with E-state index >= 15 is 0 Å². The molecule has 5 nitrogen and oxygen atoms in total. The highest BCUT2D eigenvalue weighted by atomic mass is 35.5. The molecule has 6 heteroatoms. The highest BCUT2D eigenvalue weighted by Crippen LogP contribution is 2.34. The molecule has 2 heterocycles. The number of ether oxygens (including phenoxy) is 1. The summed E-state index contributed by atoms with van der Waals surface area (Å²) < 4.78 is 12.9. The molecule has 1 aliphatic carbocycles. The molecule has 1 aliphatic rings. The Bertz CT molecular complexity index is 954. The summed E-state index contributed by atoms with van der Waals surface area (Å²) in [4.78, 5) is 16.2. The van der Waals surface area contributed by atoms with Crippen LogP contribution in [-0.4, -0.2) is 22.1 Å². The summed E-state index contributed by atoms with van der Waals surface area (Å²) in [6, 6.07) is 5.88. The van der Waals surface area contributed by atoms with Crippen molar-refractivity contribution in [3.63, 3.8) is 0 Å². The van der Waals surface area contributed by atoms with Crippen LogP contribution in [0.3, 0.4) is 0 Å². The van der Waals surface area contributed by atoms with Crippen molar-refractivity contribution in [1.82, 2.24) is 9.55 Å². The Morgan fingerprint density at radius 2 is 2.15 bits per heavy atom. The molecular formula is C21H23ClN2O3. The van der Waals surface area contributed by atoms with Crippen LogP contribution in [0.15, 0.2) is 35.1 Å². The van der Waals surface area contributed by atoms with Gasteiger partial charge >= 0.3 is 5.97 Å². The number of aromatic nitrogens is 2. The van der Waals surface area contributed by atoms with E-state index in [4.69, 9.17) is 20.8 Å². The molecule has 1 fully saturated rings. The van der Waals surface area contributed by atoms with Crippen molar-refractivity contribution in [3.05, 3.63) is 41.4 Å². The Balaban J connectivity index is 1.71. The molecule has 1 saturated carbocycles. The molecule has 3 aromatic rings. The van der Waals surface area contributed by atoms with Gasteiger partial charge in [-0.2, -0.15) is 0 Å². The van der Waals surface area contributed by atoms with Crippen LogP contribution in [0.25, 0.3) is 22.4 Å². The zero-order chi connectivity index (χ0) is 18.8. The minimum atomic E-state index is -0.475. The van der Waals surface area contributed by atoms with Crippen LogP contribution in [-0.2, 0) is 11.3 Å². The molecule has 27 heavy (non-hydrogen) atoms. The number of rotatable bonds is 5. The second kappa shape index (κ2) is 7.77. The molecule has 0 amide bonds. The zero-order valence-corrected chi connectivity index (χ0v) is 16.2. The number of carbonyl (C=O) groups excluding carboxylic acids is 1. The van der Waals surface area contributed by atoms with E-state index in [1.54, 1.807) is 6.92 Å². The van der Waals surface area contributed by atoms with Crippen molar-refractivity contribution in [1.29, 1.82) is 0 Å². The molecule has 1 aromatic carbocycles. The van der Waals surface area contributed by atoms with Crippen molar-refractivity contribution in [2.24, 2.45) is 5.92 Å². The summed E-state index contributed by atoms with van der Waals surface area (Å²) in [7, 11) is 0. The van der Waals surface area contributed by atoms with Gasteiger partial charge in [-0.15, -0.1) is 0 Å². The fraction of sp³-hybridized carbons (Fsp3) is 0.429. The van der Waals surface area contributed by atoms with Gasteiger partial charge in [0.25, 0.3) is 0 Å². The van der Waals surface area contributed by atoms with Crippen LogP contribution in [0.5, 0.6) is 0 Å². The van der Waals surface area contributed by atoms with Gasteiger partial charge in [0.2, 0.25) is 5.89 Å². The average molecular weight is 387 g/mol. The first-order valence-electron chi connectivity index (χ1n) is 9.57. The maximum Gasteiger partial charge on any atom is 0.360 e. The van der Waals surface area contributed by atoms with Crippen LogP contribution < -0.4 is 0 Å². The number of fused-ring (bicyclic) bond motifs is 1. The molecular weight excluding hydrogens is 364 g/mol. The van der Waals surface area contributed by atoms with E-state index < -0.39 is 5.97 Å². The highest BCUT2D eigenvalue weighted by molar-refractivity contribution is 6.31. The maximum absolute atomic E-state index is 11.9. The van der Waals surface area contributed by atoms with Crippen LogP contribution in [0.4, 0.5) is 0 Å². The predicted octanol–water partition coefficient (Wildman–Crippen LogP) is 5.71. The topological polar surface area (TPSA) is 57.3 Å². The lowest BCUT2D eigenvalue weighted by atomic mass is 9.89. The average Bonchev–Trinajstić information content (AvgIpc) is 3.28. The summed E-state index contributed by atoms with van der Waals surface area (Å²) in [5, 5.41) is 1.65. The van der Waals surface area contributed by atoms with Crippen molar-refractivity contribution in [2.75, 3.05) is 6.61 Å². The number of hydrogen-bond donors (Lipinski definition) is 0. The minimum Gasteiger partial charge on any atom is -0.461 e. The summed E-state index contributed by atoms with van der Waals surface area (Å²) in [6.07, 6.45) is 9.93. The molecule has 142 valence electrons. The highest BCUT2D eigenvalue weighted by Gasteiger charge is 2.21. The molecule has 4 rings (SSSR count). The van der Waals surface area contributed by atoms with Gasteiger partial charge in [0.05, 0.1) is 12.2 Å². The standard InChI is InChI=1S/C21H23ClN2O3/c1-2-26-21(25)18-13-27-20(23-18)17-12-24(11-14-6-4-3-5-7-14)19-9-8-15(22)10-16(17)19/h8-10,12-14H,2-7,11H2,1H3. The molecule has 0 saturated heterocycles. The van der Waals surface area contributed by atoms with E-state index in [2.05, 4.69) is 15.7 Å². The van der Waals surface area contributed by atoms with Gasteiger partial charge in [0, 0.05) is 28.7 Å². The van der Waals surface area contributed by atoms with Gasteiger partial charge < -0.3 is 13.7 Å². The van der Waals surface area contributed by atoms with Gasteiger partial charge in [-0.05, 0) is 43.9 Å². The lowest BCUT2D eigenvalue weighted by Crippen LogP contribution is -2.13. The number of halogens is 1. The molecule has 0 spiro atoms. The van der Waals surface area contributed by atoms with Gasteiger partial charge in [-0.1, -0.05) is 30.9 Å². The van der Waals surface area contributed by atoms with Crippen molar-refractivity contribution in [3.8, 4) is 11.5 Å². The molecule has 0 radical (unpaired) electrons. The third kappa shape index (κ3) is 3.74. The maximum atomic E-state index is 11.9. The van der Waals surface area contributed by atoms with E-state index in [1.165, 1.54) is 38.4 Å². The molecule has 0 N–H and O–H groups in total. The lowest BCUT2D eigenvalue weighted by molar-refractivity contribution is 0.0519. The first-order chi connectivity index (χ1) is 13.2. The SMILES string of the molecule is CCOC(=O)c1coc(-c2cn(CC3CCCCC3)c3ccc(Cl)cc23)n1. The van der Waals surface area contributed by atoms with Gasteiger partial charge in [0.15, 0.2) is 5.69 Å². The van der Waals surface area contributed by atoms with Crippen LogP contribution in [0.2, 0.25) is 5.02 Å². The lowest BCUT2D eigenvalue weighted by Gasteiger charge is -2.22. The van der Waals surface area contributed by atoms with Crippen molar-refractivity contribution < 1.29 is 13.9 Å². The number of carbonyl (C=O) groups is 1. The Hall–Kier alpha value is -2.27. The largest absolute Gasteiger partial charge is 0.461 e. The van der Waals surface area contributed by atoms with Gasteiger partial charge in [-0.25, -0.2) is 9.78 Å². The van der Waals surface area contributed by atoms with Gasteiger partial charge in [-0.3, -0.25) is 0 Å². The molecule has 0 atom stereocenters. The second-order valence-corrected chi connectivity index (χ2v) is 7.56. The van der Waals surface area contributed by atoms with Crippen LogP contribution in [0.1, 0.15) is 49.5 Å². The molecule has 2 aromatic heterocycles. The van der Waals surface area contributed by atoms with E-state index in [-0.39, 0.29) is 5.69 Å². The molecule has 0 unspecified atom stereocenters. The normalized spacial score (nSPS) is 15.3. The van der Waals surface area contributed by atoms with E-state index in [9.17, 15) is 4.79 Å². The van der Waals surface area contributed by atoms with E-state index in [1.807, 2.05) is 18.2 Å². The Labute approximate surface area is 163 Å². The Kier molecular flexibility index (Phi) is 5.21. The summed E-state index contributed by atoms with van der Waals surface area (Å²) in [6.45, 7) is 3.04. The van der Waals surface area contributed by atoms with Gasteiger partial charge in [0.1, 0.15) is 6.26 Å². The predicted molar refractivity (Wildman–Crippen MR) is 105 cm³/mol. The van der Waals surface area contributed by atoms with E-state index in [0.717, 1.165) is 23.0 Å². The smallest absolute Gasteiger partial charge is 0.360 e. The number of benzene rings is 1. The summed E-state index contributed by atoms with van der Waals surface area (Å²) in [5.74, 6) is 0.627. The quantitative estimate of drug-likeness (QED) is 0.527. The Morgan fingerprint density at radius 1 is 1.33 bits per heavy atom. The number of oxazole rings is 1. The Morgan fingerprint density at radius 3 is 2.93 bits per heavy atom. The fourth-order valence-electron chi connectivity index (χ4n) is 3.93. The minimum absolute atomic E-state index is 0.182. The third-order valence-electron chi connectivity index (χ3n) is 5.24. The molecule has 0 bridgehead atoms. The van der Waals surface area contributed by atoms with Crippen LogP contribution in [0, 0.1) is 5.92 Å². The fourth-order valence-corrected chi connectivity index (χ4v) is 4.11.